The van der Waals surface area contributed by atoms with Crippen LogP contribution in [-0.4, -0.2) is 29.4 Å². The van der Waals surface area contributed by atoms with E-state index in [-0.39, 0.29) is 6.42 Å². The molecular weight excluding hydrogens is 174 g/mol. The average Bonchev–Trinajstić information content (AvgIpc) is 2.46. The first-order valence-electron chi connectivity index (χ1n) is 3.81. The lowest BCUT2D eigenvalue weighted by Gasteiger charge is -2.08. The fourth-order valence-corrected chi connectivity index (χ4v) is 0.986. The summed E-state index contributed by atoms with van der Waals surface area (Å²) >= 11 is 0. The molecule has 72 valence electrons. The van der Waals surface area contributed by atoms with E-state index >= 15 is 0 Å². The Labute approximate surface area is 75.3 Å². The van der Waals surface area contributed by atoms with Crippen LogP contribution in [0.4, 0.5) is 0 Å². The molecule has 1 unspecified atom stereocenters. The van der Waals surface area contributed by atoms with Crippen LogP contribution in [0.2, 0.25) is 0 Å². The fraction of sp³-hybridized carbons (Fsp3) is 0.500. The minimum Gasteiger partial charge on any atom is -0.479 e. The smallest absolute Gasteiger partial charge is 0.333 e. The van der Waals surface area contributed by atoms with E-state index in [1.165, 1.54) is 13.3 Å². The van der Waals surface area contributed by atoms with Crippen molar-refractivity contribution in [3.8, 4) is 0 Å². The first-order valence-corrected chi connectivity index (χ1v) is 3.81. The van der Waals surface area contributed by atoms with E-state index in [1.54, 1.807) is 6.92 Å². The Morgan fingerprint density at radius 2 is 2.54 bits per heavy atom. The van der Waals surface area contributed by atoms with Gasteiger partial charge in [0, 0.05) is 19.1 Å². The molecule has 0 aliphatic carbocycles. The molecule has 1 atom stereocenters. The van der Waals surface area contributed by atoms with Crippen molar-refractivity contribution in [1.29, 1.82) is 0 Å². The molecule has 0 aromatic carbocycles. The number of carboxylic acids is 1. The number of nitrogens with zero attached hydrogens (tertiary/aromatic N) is 1. The van der Waals surface area contributed by atoms with Gasteiger partial charge in [-0.1, -0.05) is 5.16 Å². The lowest BCUT2D eigenvalue weighted by Crippen LogP contribution is -2.24. The van der Waals surface area contributed by atoms with Crippen LogP contribution in [-0.2, 0) is 16.0 Å². The van der Waals surface area contributed by atoms with Crippen molar-refractivity contribution in [2.24, 2.45) is 0 Å². The summed E-state index contributed by atoms with van der Waals surface area (Å²) in [6.45, 7) is 1.73. The highest BCUT2D eigenvalue weighted by molar-refractivity contribution is 5.72. The highest BCUT2D eigenvalue weighted by Crippen LogP contribution is 2.10. The van der Waals surface area contributed by atoms with Gasteiger partial charge in [-0.2, -0.15) is 0 Å². The zero-order valence-corrected chi connectivity index (χ0v) is 7.48. The van der Waals surface area contributed by atoms with Gasteiger partial charge in [0.15, 0.2) is 6.10 Å². The van der Waals surface area contributed by atoms with Crippen LogP contribution in [0, 0.1) is 6.92 Å². The second kappa shape index (κ2) is 4.04. The Bertz CT molecular complexity index is 294. The molecule has 1 aromatic rings. The second-order valence-corrected chi connectivity index (χ2v) is 2.67. The summed E-state index contributed by atoms with van der Waals surface area (Å²) in [6, 6.07) is 0. The number of methoxy groups -OCH3 is 1. The summed E-state index contributed by atoms with van der Waals surface area (Å²) in [6.07, 6.45) is 0.948. The maximum atomic E-state index is 10.6. The number of aromatic nitrogens is 1. The average molecular weight is 185 g/mol. The third kappa shape index (κ3) is 2.29. The Morgan fingerprint density at radius 3 is 2.92 bits per heavy atom. The number of carbonyl (C=O) groups is 1. The number of aliphatic carboxylic acids is 1. The van der Waals surface area contributed by atoms with Crippen molar-refractivity contribution in [3.63, 3.8) is 0 Å². The Hall–Kier alpha value is -1.36. The second-order valence-electron chi connectivity index (χ2n) is 2.67. The largest absolute Gasteiger partial charge is 0.479 e. The van der Waals surface area contributed by atoms with Gasteiger partial charge < -0.3 is 14.4 Å². The van der Waals surface area contributed by atoms with Crippen LogP contribution >= 0.6 is 0 Å². The Kier molecular flexibility index (Phi) is 3.02. The summed E-state index contributed by atoms with van der Waals surface area (Å²) in [7, 11) is 1.36. The zero-order valence-electron chi connectivity index (χ0n) is 7.48. The topological polar surface area (TPSA) is 72.6 Å². The summed E-state index contributed by atoms with van der Waals surface area (Å²) in [5.41, 5.74) is 0.759. The predicted octanol–water partition coefficient (Wildman–Crippen LogP) is 0.625. The van der Waals surface area contributed by atoms with E-state index in [2.05, 4.69) is 5.16 Å². The quantitative estimate of drug-likeness (QED) is 0.744. The molecular formula is C8H11NO4. The molecule has 5 heteroatoms. The lowest BCUT2D eigenvalue weighted by atomic mass is 10.1. The third-order valence-electron chi connectivity index (χ3n) is 1.82. The Morgan fingerprint density at radius 1 is 1.85 bits per heavy atom. The SMILES string of the molecule is COC(Cc1cnoc1C)C(=O)O. The fourth-order valence-electron chi connectivity index (χ4n) is 0.986. The molecule has 5 nitrogen and oxygen atoms in total. The number of ether oxygens (including phenoxy) is 1. The van der Waals surface area contributed by atoms with Gasteiger partial charge in [0.25, 0.3) is 0 Å². The van der Waals surface area contributed by atoms with Crippen LogP contribution in [0.3, 0.4) is 0 Å². The van der Waals surface area contributed by atoms with Gasteiger partial charge in [-0.25, -0.2) is 4.79 Å². The molecule has 0 saturated heterocycles. The molecule has 13 heavy (non-hydrogen) atoms. The van der Waals surface area contributed by atoms with Crippen molar-refractivity contribution < 1.29 is 19.2 Å². The van der Waals surface area contributed by atoms with Gasteiger partial charge in [-0.3, -0.25) is 0 Å². The molecule has 1 rings (SSSR count). The lowest BCUT2D eigenvalue weighted by molar-refractivity contribution is -0.148. The molecule has 0 amide bonds. The molecule has 0 saturated carbocycles. The van der Waals surface area contributed by atoms with Gasteiger partial charge in [0.05, 0.1) is 6.20 Å². The maximum absolute atomic E-state index is 10.6. The standard InChI is InChI=1S/C8H11NO4/c1-5-6(4-9-13-5)3-7(12-2)8(10)11/h4,7H,3H2,1-2H3,(H,10,11). The molecule has 0 radical (unpaired) electrons. The molecule has 0 spiro atoms. The molecule has 0 fully saturated rings. The predicted molar refractivity (Wildman–Crippen MR) is 43.4 cm³/mol. The monoisotopic (exact) mass is 185 g/mol. The van der Waals surface area contributed by atoms with Gasteiger partial charge in [0.2, 0.25) is 0 Å². The molecule has 1 N–H and O–H groups in total. The summed E-state index contributed by atoms with van der Waals surface area (Å²) in [5.74, 6) is -0.355. The van der Waals surface area contributed by atoms with Gasteiger partial charge in [-0.15, -0.1) is 0 Å². The van der Waals surface area contributed by atoms with Crippen molar-refractivity contribution in [2.45, 2.75) is 19.4 Å². The van der Waals surface area contributed by atoms with Crippen LogP contribution in [0.25, 0.3) is 0 Å². The van der Waals surface area contributed by atoms with E-state index in [9.17, 15) is 4.79 Å². The summed E-state index contributed by atoms with van der Waals surface area (Å²) in [4.78, 5) is 10.6. The summed E-state index contributed by atoms with van der Waals surface area (Å²) in [5, 5.41) is 12.2. The van der Waals surface area contributed by atoms with Crippen molar-refractivity contribution >= 4 is 5.97 Å². The van der Waals surface area contributed by atoms with Crippen molar-refractivity contribution in [3.05, 3.63) is 17.5 Å². The van der Waals surface area contributed by atoms with Crippen molar-refractivity contribution in [1.82, 2.24) is 5.16 Å². The van der Waals surface area contributed by atoms with E-state index in [0.29, 0.717) is 5.76 Å². The van der Waals surface area contributed by atoms with Gasteiger partial charge in [-0.05, 0) is 6.92 Å². The van der Waals surface area contributed by atoms with E-state index < -0.39 is 12.1 Å². The highest BCUT2D eigenvalue weighted by atomic mass is 16.5. The number of carboxylic acid groups (broad SMARTS) is 1. The molecule has 0 bridgehead atoms. The minimum absolute atomic E-state index is 0.279. The first-order chi connectivity index (χ1) is 6.15. The van der Waals surface area contributed by atoms with Crippen molar-refractivity contribution in [2.75, 3.05) is 7.11 Å². The molecule has 0 aliphatic rings. The number of rotatable bonds is 4. The minimum atomic E-state index is -0.983. The number of hydrogen-bond acceptors (Lipinski definition) is 4. The number of hydrogen-bond donors (Lipinski definition) is 1. The molecule has 1 heterocycles. The van der Waals surface area contributed by atoms with Crippen LogP contribution in [0.5, 0.6) is 0 Å². The number of aryl methyl sites for hydroxylation is 1. The molecule has 0 aliphatic heterocycles. The van der Waals surface area contributed by atoms with E-state index in [1.807, 2.05) is 0 Å². The van der Waals surface area contributed by atoms with Crippen LogP contribution < -0.4 is 0 Å². The van der Waals surface area contributed by atoms with E-state index in [0.717, 1.165) is 5.56 Å². The zero-order chi connectivity index (χ0) is 9.84. The summed E-state index contributed by atoms with van der Waals surface area (Å²) < 4.78 is 9.56. The van der Waals surface area contributed by atoms with Crippen LogP contribution in [0.1, 0.15) is 11.3 Å². The van der Waals surface area contributed by atoms with Gasteiger partial charge in [0.1, 0.15) is 5.76 Å². The maximum Gasteiger partial charge on any atom is 0.333 e. The normalized spacial score (nSPS) is 12.8. The highest BCUT2D eigenvalue weighted by Gasteiger charge is 2.19. The van der Waals surface area contributed by atoms with Gasteiger partial charge >= 0.3 is 5.97 Å². The Balaban J connectivity index is 2.67. The third-order valence-corrected chi connectivity index (χ3v) is 1.82. The first kappa shape index (κ1) is 9.73. The molecule has 1 aromatic heterocycles. The van der Waals surface area contributed by atoms with E-state index in [4.69, 9.17) is 14.4 Å². The van der Waals surface area contributed by atoms with Crippen LogP contribution in [0.15, 0.2) is 10.7 Å².